The standard InChI is InChI=1S/C38H50N4S2/c43-37(39-27-29-17-7-5-8-18-29)41-35(31-21-11-1-2-12-22-31)33-25-15-16-26-34(33)36(32-23-13-3-4-14-24-32)42-38(44)40-28-30-19-9-6-10-20-30/h5-10,15-20,25-26,31-32,35-36H,1-4,11-14,21-24,27-28H2,(H2,39,41,43)(H2,40,42,44). The molecule has 2 unspecified atom stereocenters. The Morgan fingerprint density at radius 3 is 1.20 bits per heavy atom. The van der Waals surface area contributed by atoms with Crippen LogP contribution in [0.15, 0.2) is 84.9 Å². The molecule has 4 N–H and O–H groups in total. The first-order valence-corrected chi connectivity index (χ1v) is 17.7. The van der Waals surface area contributed by atoms with E-state index in [4.69, 9.17) is 24.4 Å². The van der Waals surface area contributed by atoms with Gasteiger partial charge in [0.1, 0.15) is 0 Å². The first-order chi connectivity index (χ1) is 21.7. The molecule has 6 heteroatoms. The molecule has 2 fully saturated rings. The molecule has 0 amide bonds. The molecular formula is C38H50N4S2. The summed E-state index contributed by atoms with van der Waals surface area (Å²) in [4.78, 5) is 0. The van der Waals surface area contributed by atoms with Crippen LogP contribution in [0.2, 0.25) is 0 Å². The van der Waals surface area contributed by atoms with Crippen molar-refractivity contribution in [2.75, 3.05) is 0 Å². The topological polar surface area (TPSA) is 48.1 Å². The number of hydrogen-bond donors (Lipinski definition) is 4. The van der Waals surface area contributed by atoms with Crippen molar-refractivity contribution in [3.05, 3.63) is 107 Å². The van der Waals surface area contributed by atoms with Crippen LogP contribution in [0, 0.1) is 11.8 Å². The number of thiocarbonyl (C=S) groups is 2. The van der Waals surface area contributed by atoms with Crippen molar-refractivity contribution in [2.24, 2.45) is 11.8 Å². The highest BCUT2D eigenvalue weighted by atomic mass is 32.1. The van der Waals surface area contributed by atoms with E-state index in [1.807, 2.05) is 0 Å². The van der Waals surface area contributed by atoms with Gasteiger partial charge in [0.15, 0.2) is 10.2 Å². The van der Waals surface area contributed by atoms with Crippen molar-refractivity contribution >= 4 is 34.7 Å². The van der Waals surface area contributed by atoms with Crippen LogP contribution in [0.4, 0.5) is 0 Å². The molecule has 0 spiro atoms. The van der Waals surface area contributed by atoms with Gasteiger partial charge in [-0.3, -0.25) is 0 Å². The Kier molecular flexibility index (Phi) is 12.9. The minimum absolute atomic E-state index is 0.154. The summed E-state index contributed by atoms with van der Waals surface area (Å²) < 4.78 is 0. The molecule has 0 aliphatic heterocycles. The average molecular weight is 627 g/mol. The lowest BCUT2D eigenvalue weighted by Crippen LogP contribution is -2.43. The molecule has 3 aromatic carbocycles. The lowest BCUT2D eigenvalue weighted by molar-refractivity contribution is 0.334. The SMILES string of the molecule is S=C(NCc1ccccc1)NC(c1ccccc1C(NC(=S)NCc1ccccc1)C1CCCCCC1)C1CCCCCC1. The Balaban J connectivity index is 1.41. The van der Waals surface area contributed by atoms with Gasteiger partial charge in [0.2, 0.25) is 0 Å². The molecule has 0 aromatic heterocycles. The molecule has 2 atom stereocenters. The van der Waals surface area contributed by atoms with Crippen molar-refractivity contribution in [1.29, 1.82) is 0 Å². The maximum Gasteiger partial charge on any atom is 0.167 e. The third kappa shape index (κ3) is 9.77. The highest BCUT2D eigenvalue weighted by Gasteiger charge is 2.32. The van der Waals surface area contributed by atoms with E-state index in [1.54, 1.807) is 0 Å². The number of nitrogens with one attached hydrogen (secondary N) is 4. The molecule has 0 radical (unpaired) electrons. The molecular weight excluding hydrogens is 577 g/mol. The predicted molar refractivity (Wildman–Crippen MR) is 192 cm³/mol. The monoisotopic (exact) mass is 626 g/mol. The van der Waals surface area contributed by atoms with Gasteiger partial charge in [-0.1, -0.05) is 136 Å². The highest BCUT2D eigenvalue weighted by Crippen LogP contribution is 2.40. The lowest BCUT2D eigenvalue weighted by atomic mass is 9.79. The average Bonchev–Trinajstić information content (AvgIpc) is 3.51. The largest absolute Gasteiger partial charge is 0.359 e. The molecule has 0 bridgehead atoms. The molecule has 2 aliphatic rings. The van der Waals surface area contributed by atoms with E-state index in [9.17, 15) is 0 Å². The third-order valence-electron chi connectivity index (χ3n) is 9.57. The van der Waals surface area contributed by atoms with Gasteiger partial charge >= 0.3 is 0 Å². The Bertz CT molecular complexity index is 1180. The van der Waals surface area contributed by atoms with Crippen molar-refractivity contribution in [3.63, 3.8) is 0 Å². The fourth-order valence-corrected chi connectivity index (χ4v) is 7.60. The zero-order valence-electron chi connectivity index (χ0n) is 26.1. The van der Waals surface area contributed by atoms with E-state index in [0.717, 1.165) is 23.3 Å². The van der Waals surface area contributed by atoms with E-state index in [1.165, 1.54) is 99.3 Å². The summed E-state index contributed by atoms with van der Waals surface area (Å²) >= 11 is 11.9. The van der Waals surface area contributed by atoms with Crippen LogP contribution in [0.1, 0.15) is 111 Å². The Hall–Kier alpha value is -2.96. The van der Waals surface area contributed by atoms with Crippen molar-refractivity contribution in [3.8, 4) is 0 Å². The van der Waals surface area contributed by atoms with Crippen molar-refractivity contribution in [1.82, 2.24) is 21.3 Å². The van der Waals surface area contributed by atoms with E-state index < -0.39 is 0 Å². The first kappa shape index (κ1) is 32.4. The van der Waals surface area contributed by atoms with Crippen LogP contribution in [-0.2, 0) is 13.1 Å². The summed E-state index contributed by atoms with van der Waals surface area (Å²) in [7, 11) is 0. The number of benzene rings is 3. The van der Waals surface area contributed by atoms with Crippen LogP contribution < -0.4 is 21.3 Å². The molecule has 5 rings (SSSR count). The molecule has 2 aliphatic carbocycles. The van der Waals surface area contributed by atoms with E-state index >= 15 is 0 Å². The summed E-state index contributed by atoms with van der Waals surface area (Å²) in [6.07, 6.45) is 15.4. The highest BCUT2D eigenvalue weighted by molar-refractivity contribution is 7.80. The van der Waals surface area contributed by atoms with Gasteiger partial charge in [0.25, 0.3) is 0 Å². The minimum atomic E-state index is 0.154. The maximum atomic E-state index is 5.97. The van der Waals surface area contributed by atoms with Crippen molar-refractivity contribution < 1.29 is 0 Å². The predicted octanol–water partition coefficient (Wildman–Crippen LogP) is 9.04. The van der Waals surface area contributed by atoms with Crippen molar-refractivity contribution in [2.45, 2.75) is 102 Å². The normalized spacial score (nSPS) is 17.8. The fourth-order valence-electron chi connectivity index (χ4n) is 7.21. The van der Waals surface area contributed by atoms with Crippen LogP contribution in [0.25, 0.3) is 0 Å². The molecule has 234 valence electrons. The Morgan fingerprint density at radius 1 is 0.500 bits per heavy atom. The molecule has 3 aromatic rings. The lowest BCUT2D eigenvalue weighted by Gasteiger charge is -2.35. The molecule has 0 heterocycles. The maximum absolute atomic E-state index is 5.97. The molecule has 44 heavy (non-hydrogen) atoms. The van der Waals surface area contributed by atoms with Gasteiger partial charge in [0.05, 0.1) is 12.1 Å². The minimum Gasteiger partial charge on any atom is -0.359 e. The molecule has 2 saturated carbocycles. The van der Waals surface area contributed by atoms with Gasteiger partial charge < -0.3 is 21.3 Å². The first-order valence-electron chi connectivity index (χ1n) is 16.9. The Labute approximate surface area is 276 Å². The second-order valence-electron chi connectivity index (χ2n) is 12.7. The molecule has 0 saturated heterocycles. The number of hydrogen-bond acceptors (Lipinski definition) is 2. The van der Waals surface area contributed by atoms with Crippen LogP contribution in [0.3, 0.4) is 0 Å². The Morgan fingerprint density at radius 2 is 0.841 bits per heavy atom. The second kappa shape index (κ2) is 17.5. The summed E-state index contributed by atoms with van der Waals surface area (Å²) in [6.45, 7) is 1.44. The van der Waals surface area contributed by atoms with Gasteiger partial charge in [-0.25, -0.2) is 0 Å². The van der Waals surface area contributed by atoms with Crippen LogP contribution in [-0.4, -0.2) is 10.2 Å². The van der Waals surface area contributed by atoms with E-state index in [2.05, 4.69) is 106 Å². The second-order valence-corrected chi connectivity index (χ2v) is 13.5. The summed E-state index contributed by atoms with van der Waals surface area (Å²) in [6, 6.07) is 30.4. The smallest absolute Gasteiger partial charge is 0.167 e. The van der Waals surface area contributed by atoms with E-state index in [0.29, 0.717) is 11.8 Å². The zero-order chi connectivity index (χ0) is 30.4. The van der Waals surface area contributed by atoms with Gasteiger partial charge in [-0.15, -0.1) is 0 Å². The van der Waals surface area contributed by atoms with Crippen LogP contribution in [0.5, 0.6) is 0 Å². The van der Waals surface area contributed by atoms with Crippen LogP contribution >= 0.6 is 24.4 Å². The quantitative estimate of drug-likeness (QED) is 0.133. The van der Waals surface area contributed by atoms with E-state index in [-0.39, 0.29) is 12.1 Å². The third-order valence-corrected chi connectivity index (χ3v) is 10.1. The van der Waals surface area contributed by atoms with Gasteiger partial charge in [0, 0.05) is 13.1 Å². The number of rotatable bonds is 10. The summed E-state index contributed by atoms with van der Waals surface area (Å²) in [5, 5.41) is 16.2. The molecule has 4 nitrogen and oxygen atoms in total. The summed E-state index contributed by atoms with van der Waals surface area (Å²) in [5.41, 5.74) is 5.21. The zero-order valence-corrected chi connectivity index (χ0v) is 27.7. The van der Waals surface area contributed by atoms with Gasteiger partial charge in [-0.05, 0) is 84.2 Å². The fraction of sp³-hybridized carbons (Fsp3) is 0.474. The van der Waals surface area contributed by atoms with Gasteiger partial charge in [-0.2, -0.15) is 0 Å². The summed E-state index contributed by atoms with van der Waals surface area (Å²) in [5.74, 6) is 1.07.